The van der Waals surface area contributed by atoms with E-state index in [1.807, 2.05) is 0 Å². The monoisotopic (exact) mass is 242 g/mol. The first kappa shape index (κ1) is 12.8. The van der Waals surface area contributed by atoms with E-state index in [1.54, 1.807) is 23.1 Å². The minimum Gasteiger partial charge on any atom is -0.298 e. The van der Waals surface area contributed by atoms with Crippen molar-refractivity contribution in [2.24, 2.45) is 0 Å². The van der Waals surface area contributed by atoms with Gasteiger partial charge in [0.1, 0.15) is 5.78 Å². The Hall–Kier alpha value is -0.280. The number of aryl methyl sites for hydroxylation is 1. The van der Waals surface area contributed by atoms with Gasteiger partial charge in [-0.3, -0.25) is 4.79 Å². The van der Waals surface area contributed by atoms with Crippen LogP contribution >= 0.6 is 23.1 Å². The summed E-state index contributed by atoms with van der Waals surface area (Å²) in [5.41, 5.74) is 0. The zero-order valence-corrected chi connectivity index (χ0v) is 11.0. The summed E-state index contributed by atoms with van der Waals surface area (Å²) < 4.78 is 0. The van der Waals surface area contributed by atoms with Crippen LogP contribution in [-0.4, -0.2) is 17.3 Å². The van der Waals surface area contributed by atoms with Gasteiger partial charge in [-0.25, -0.2) is 0 Å². The molecule has 0 bridgehead atoms. The third kappa shape index (κ3) is 4.85. The molecular weight excluding hydrogens is 224 g/mol. The maximum Gasteiger partial charge on any atom is 0.147 e. The molecule has 0 aliphatic heterocycles. The first-order chi connectivity index (χ1) is 7.26. The molecular formula is C12H18OS2. The molecule has 0 aliphatic rings. The lowest BCUT2D eigenvalue weighted by Gasteiger charge is -1.98. The molecule has 0 saturated heterocycles. The lowest BCUT2D eigenvalue weighted by atomic mass is 10.2. The Kier molecular flexibility index (Phi) is 6.03. The highest BCUT2D eigenvalue weighted by Gasteiger charge is 2.05. The number of rotatable bonds is 7. The predicted octanol–water partition coefficient (Wildman–Crippen LogP) is 3.57. The Bertz CT molecular complexity index is 304. The molecule has 0 saturated carbocycles. The summed E-state index contributed by atoms with van der Waals surface area (Å²) in [7, 11) is 0. The van der Waals surface area contributed by atoms with Gasteiger partial charge in [0.15, 0.2) is 0 Å². The van der Waals surface area contributed by atoms with Crippen molar-refractivity contribution < 1.29 is 4.79 Å². The van der Waals surface area contributed by atoms with E-state index < -0.39 is 0 Å². The van der Waals surface area contributed by atoms with Gasteiger partial charge in [0.05, 0.1) is 5.75 Å². The molecule has 15 heavy (non-hydrogen) atoms. The molecule has 0 aromatic carbocycles. The van der Waals surface area contributed by atoms with Crippen LogP contribution in [0.15, 0.2) is 12.1 Å². The van der Waals surface area contributed by atoms with Crippen molar-refractivity contribution in [3.05, 3.63) is 21.9 Å². The predicted molar refractivity (Wildman–Crippen MR) is 70.0 cm³/mol. The van der Waals surface area contributed by atoms with Crippen LogP contribution in [0.25, 0.3) is 0 Å². The van der Waals surface area contributed by atoms with Crippen molar-refractivity contribution in [1.29, 1.82) is 0 Å². The van der Waals surface area contributed by atoms with Gasteiger partial charge in [0.25, 0.3) is 0 Å². The fourth-order valence-corrected chi connectivity index (χ4v) is 3.03. The molecule has 1 nitrogen and oxygen atoms in total. The summed E-state index contributed by atoms with van der Waals surface area (Å²) in [6.45, 7) is 4.29. The molecule has 0 fully saturated rings. The summed E-state index contributed by atoms with van der Waals surface area (Å²) in [5, 5.41) is 0. The number of ketones is 1. The van der Waals surface area contributed by atoms with E-state index >= 15 is 0 Å². The van der Waals surface area contributed by atoms with Crippen molar-refractivity contribution in [2.75, 3.05) is 11.5 Å². The first-order valence-electron chi connectivity index (χ1n) is 5.43. The molecule has 1 rings (SSSR count). The van der Waals surface area contributed by atoms with Crippen molar-refractivity contribution in [3.63, 3.8) is 0 Å². The van der Waals surface area contributed by atoms with E-state index in [0.29, 0.717) is 18.0 Å². The normalized spacial score (nSPS) is 10.5. The summed E-state index contributed by atoms with van der Waals surface area (Å²) in [5.74, 6) is 2.13. The van der Waals surface area contributed by atoms with Crippen LogP contribution in [0, 0.1) is 0 Å². The lowest BCUT2D eigenvalue weighted by Crippen LogP contribution is -2.04. The maximum absolute atomic E-state index is 11.6. The fraction of sp³-hybridized carbons (Fsp3) is 0.583. The molecule has 0 spiro atoms. The number of thioether (sulfide) groups is 1. The molecule has 0 N–H and O–H groups in total. The van der Waals surface area contributed by atoms with Crippen LogP contribution in [0.2, 0.25) is 0 Å². The van der Waals surface area contributed by atoms with Crippen LogP contribution in [0.5, 0.6) is 0 Å². The molecule has 1 aromatic rings. The first-order valence-corrected chi connectivity index (χ1v) is 7.40. The zero-order chi connectivity index (χ0) is 11.1. The number of hydrogen-bond donors (Lipinski definition) is 0. The molecule has 1 heterocycles. The second-order valence-corrected chi connectivity index (χ2v) is 5.85. The number of Topliss-reactive ketones (excluding diaryl/α,β-unsaturated/α-hetero) is 1. The van der Waals surface area contributed by atoms with Gasteiger partial charge in [-0.2, -0.15) is 11.8 Å². The van der Waals surface area contributed by atoms with Gasteiger partial charge >= 0.3 is 0 Å². The Morgan fingerprint density at radius 3 is 2.67 bits per heavy atom. The van der Waals surface area contributed by atoms with Crippen molar-refractivity contribution in [2.45, 2.75) is 33.1 Å². The zero-order valence-electron chi connectivity index (χ0n) is 9.41. The van der Waals surface area contributed by atoms with Crippen LogP contribution in [0.4, 0.5) is 0 Å². The standard InChI is InChI=1S/C12H18OS2/c1-3-7-14-9-10(13)8-12-6-5-11(4-2)15-12/h5-6H,3-4,7-9H2,1-2H3. The van der Waals surface area contributed by atoms with Crippen LogP contribution in [-0.2, 0) is 17.6 Å². The number of thiophene rings is 1. The van der Waals surface area contributed by atoms with Crippen LogP contribution in [0.3, 0.4) is 0 Å². The van der Waals surface area contributed by atoms with E-state index in [2.05, 4.69) is 26.0 Å². The Morgan fingerprint density at radius 1 is 1.33 bits per heavy atom. The molecule has 84 valence electrons. The van der Waals surface area contributed by atoms with Gasteiger partial charge in [-0.15, -0.1) is 11.3 Å². The Labute approximate surface area is 100 Å². The highest BCUT2D eigenvalue weighted by Crippen LogP contribution is 2.18. The average molecular weight is 242 g/mol. The largest absolute Gasteiger partial charge is 0.298 e. The van der Waals surface area contributed by atoms with Gasteiger partial charge < -0.3 is 0 Å². The molecule has 0 atom stereocenters. The quantitative estimate of drug-likeness (QED) is 0.680. The second-order valence-electron chi connectivity index (χ2n) is 3.49. The maximum atomic E-state index is 11.6. The minimum atomic E-state index is 0.359. The highest BCUT2D eigenvalue weighted by atomic mass is 32.2. The smallest absolute Gasteiger partial charge is 0.147 e. The van der Waals surface area contributed by atoms with E-state index in [-0.39, 0.29) is 0 Å². The third-order valence-corrected chi connectivity index (χ3v) is 4.50. The molecule has 0 radical (unpaired) electrons. The SMILES string of the molecule is CCCSCC(=O)Cc1ccc(CC)s1. The second kappa shape index (κ2) is 7.07. The van der Waals surface area contributed by atoms with Crippen LogP contribution in [0.1, 0.15) is 30.0 Å². The Balaban J connectivity index is 2.31. The molecule has 3 heteroatoms. The van der Waals surface area contributed by atoms with E-state index in [9.17, 15) is 4.79 Å². The van der Waals surface area contributed by atoms with Gasteiger partial charge in [-0.1, -0.05) is 13.8 Å². The van der Waals surface area contributed by atoms with Crippen molar-refractivity contribution in [1.82, 2.24) is 0 Å². The van der Waals surface area contributed by atoms with Gasteiger partial charge in [0, 0.05) is 16.2 Å². The molecule has 0 unspecified atom stereocenters. The summed E-state index contributed by atoms with van der Waals surface area (Å²) in [6.07, 6.45) is 2.85. The molecule has 1 aromatic heterocycles. The molecule has 0 amide bonds. The molecule has 0 aliphatic carbocycles. The van der Waals surface area contributed by atoms with E-state index in [1.165, 1.54) is 9.75 Å². The lowest BCUT2D eigenvalue weighted by molar-refractivity contribution is -0.115. The third-order valence-electron chi connectivity index (χ3n) is 2.05. The summed E-state index contributed by atoms with van der Waals surface area (Å²) in [4.78, 5) is 14.2. The fourth-order valence-electron chi connectivity index (χ4n) is 1.28. The van der Waals surface area contributed by atoms with E-state index in [4.69, 9.17) is 0 Å². The number of carbonyl (C=O) groups excluding carboxylic acids is 1. The number of carbonyl (C=O) groups is 1. The summed E-state index contributed by atoms with van der Waals surface area (Å²) in [6, 6.07) is 4.22. The number of hydrogen-bond acceptors (Lipinski definition) is 3. The summed E-state index contributed by atoms with van der Waals surface area (Å²) >= 11 is 3.52. The van der Waals surface area contributed by atoms with Crippen molar-refractivity contribution >= 4 is 28.9 Å². The van der Waals surface area contributed by atoms with Gasteiger partial charge in [-0.05, 0) is 30.7 Å². The van der Waals surface area contributed by atoms with Gasteiger partial charge in [0.2, 0.25) is 0 Å². The average Bonchev–Trinajstić information content (AvgIpc) is 2.66. The van der Waals surface area contributed by atoms with Crippen molar-refractivity contribution in [3.8, 4) is 0 Å². The van der Waals surface area contributed by atoms with Crippen LogP contribution < -0.4 is 0 Å². The highest BCUT2D eigenvalue weighted by molar-refractivity contribution is 7.99. The van der Waals surface area contributed by atoms with E-state index in [0.717, 1.165) is 18.6 Å². The Morgan fingerprint density at radius 2 is 2.07 bits per heavy atom. The topological polar surface area (TPSA) is 17.1 Å². The minimum absolute atomic E-state index is 0.359.